The second kappa shape index (κ2) is 4.92. The van der Waals surface area contributed by atoms with Gasteiger partial charge in [-0.25, -0.2) is 0 Å². The molecule has 1 aliphatic rings. The molecule has 0 saturated heterocycles. The molecule has 1 heterocycles. The van der Waals surface area contributed by atoms with E-state index < -0.39 is 0 Å². The first kappa shape index (κ1) is 12.2. The van der Waals surface area contributed by atoms with Gasteiger partial charge in [0.1, 0.15) is 5.76 Å². The quantitative estimate of drug-likeness (QED) is 0.894. The number of halogens is 1. The van der Waals surface area contributed by atoms with E-state index in [1.54, 1.807) is 0 Å². The summed E-state index contributed by atoms with van der Waals surface area (Å²) in [5, 5.41) is 3.45. The van der Waals surface area contributed by atoms with E-state index in [-0.39, 0.29) is 0 Å². The Labute approximate surface area is 106 Å². The molecule has 0 radical (unpaired) electrons. The monoisotopic (exact) mass is 285 g/mol. The first-order valence-electron chi connectivity index (χ1n) is 6.14. The van der Waals surface area contributed by atoms with Gasteiger partial charge in [0, 0.05) is 0 Å². The minimum atomic E-state index is 0.353. The summed E-state index contributed by atoms with van der Waals surface area (Å²) in [4.78, 5) is 0. The highest BCUT2D eigenvalue weighted by Crippen LogP contribution is 2.50. The lowest BCUT2D eigenvalue weighted by Gasteiger charge is -2.35. The second-order valence-corrected chi connectivity index (χ2v) is 5.57. The highest BCUT2D eigenvalue weighted by atomic mass is 79.9. The fraction of sp³-hybridized carbons (Fsp3) is 0.692. The Kier molecular flexibility index (Phi) is 3.75. The zero-order valence-electron chi connectivity index (χ0n) is 10.1. The van der Waals surface area contributed by atoms with Gasteiger partial charge in [-0.3, -0.25) is 0 Å². The zero-order valence-corrected chi connectivity index (χ0v) is 11.6. The second-order valence-electron chi connectivity index (χ2n) is 4.79. The van der Waals surface area contributed by atoms with E-state index in [4.69, 9.17) is 4.42 Å². The van der Waals surface area contributed by atoms with E-state index in [0.29, 0.717) is 11.5 Å². The van der Waals surface area contributed by atoms with Crippen LogP contribution in [0.15, 0.2) is 21.2 Å². The summed E-state index contributed by atoms with van der Waals surface area (Å²) in [5.41, 5.74) is 0.395. The van der Waals surface area contributed by atoms with Crippen molar-refractivity contribution in [2.24, 2.45) is 5.41 Å². The standard InChI is InChI=1S/C13H20BrNO/c1-3-13(8-4-5-9-13)12(15-2)10-6-7-11(14)16-10/h6-7,12,15H,3-5,8-9H2,1-2H3. The fourth-order valence-corrected chi connectivity index (χ4v) is 3.48. The zero-order chi connectivity index (χ0) is 11.6. The number of hydrogen-bond donors (Lipinski definition) is 1. The van der Waals surface area contributed by atoms with Gasteiger partial charge in [-0.15, -0.1) is 0 Å². The largest absolute Gasteiger partial charge is 0.453 e. The van der Waals surface area contributed by atoms with E-state index in [1.807, 2.05) is 13.1 Å². The van der Waals surface area contributed by atoms with E-state index in [1.165, 1.54) is 32.1 Å². The molecular weight excluding hydrogens is 266 g/mol. The van der Waals surface area contributed by atoms with Gasteiger partial charge >= 0.3 is 0 Å². The van der Waals surface area contributed by atoms with Crippen LogP contribution in [0.25, 0.3) is 0 Å². The maximum Gasteiger partial charge on any atom is 0.169 e. The molecule has 1 N–H and O–H groups in total. The summed E-state index contributed by atoms with van der Waals surface area (Å²) >= 11 is 3.38. The molecule has 1 saturated carbocycles. The molecule has 1 unspecified atom stereocenters. The summed E-state index contributed by atoms with van der Waals surface area (Å²) in [7, 11) is 2.04. The Hall–Kier alpha value is -0.280. The van der Waals surface area contributed by atoms with Crippen molar-refractivity contribution in [3.05, 3.63) is 22.6 Å². The van der Waals surface area contributed by atoms with Gasteiger partial charge < -0.3 is 9.73 Å². The minimum Gasteiger partial charge on any atom is -0.453 e. The van der Waals surface area contributed by atoms with Crippen molar-refractivity contribution < 1.29 is 4.42 Å². The van der Waals surface area contributed by atoms with Crippen molar-refractivity contribution in [3.8, 4) is 0 Å². The number of furan rings is 1. The third-order valence-corrected chi connectivity index (χ3v) is 4.51. The van der Waals surface area contributed by atoms with E-state index in [9.17, 15) is 0 Å². The minimum absolute atomic E-state index is 0.353. The average Bonchev–Trinajstić information content (AvgIpc) is 2.90. The summed E-state index contributed by atoms with van der Waals surface area (Å²) in [6.07, 6.45) is 6.55. The molecule has 1 aromatic heterocycles. The van der Waals surface area contributed by atoms with Crippen LogP contribution in [0, 0.1) is 5.41 Å². The SMILES string of the molecule is CCC1(C(NC)c2ccc(Br)o2)CCCC1. The van der Waals surface area contributed by atoms with Crippen LogP contribution in [0.3, 0.4) is 0 Å². The van der Waals surface area contributed by atoms with Crippen LogP contribution in [0.1, 0.15) is 50.8 Å². The third-order valence-electron chi connectivity index (χ3n) is 4.08. The maximum absolute atomic E-state index is 5.73. The lowest BCUT2D eigenvalue weighted by Crippen LogP contribution is -2.33. The molecule has 1 aromatic rings. The predicted molar refractivity (Wildman–Crippen MR) is 69.4 cm³/mol. The molecule has 0 aliphatic heterocycles. The number of rotatable bonds is 4. The molecule has 0 amide bonds. The molecule has 3 heteroatoms. The van der Waals surface area contributed by atoms with Crippen molar-refractivity contribution in [2.45, 2.75) is 45.1 Å². The molecule has 1 atom stereocenters. The molecule has 1 aliphatic carbocycles. The number of hydrogen-bond acceptors (Lipinski definition) is 2. The van der Waals surface area contributed by atoms with Gasteiger partial charge in [0.15, 0.2) is 4.67 Å². The van der Waals surface area contributed by atoms with Gasteiger partial charge in [0.25, 0.3) is 0 Å². The molecule has 1 fully saturated rings. The average molecular weight is 286 g/mol. The van der Waals surface area contributed by atoms with Crippen LogP contribution in [-0.4, -0.2) is 7.05 Å². The van der Waals surface area contributed by atoms with Crippen LogP contribution < -0.4 is 5.32 Å². The Balaban J connectivity index is 2.27. The molecule has 0 bridgehead atoms. The van der Waals surface area contributed by atoms with Crippen molar-refractivity contribution in [1.82, 2.24) is 5.32 Å². The topological polar surface area (TPSA) is 25.2 Å². The molecule has 0 aromatic carbocycles. The van der Waals surface area contributed by atoms with Crippen LogP contribution >= 0.6 is 15.9 Å². The molecular formula is C13H20BrNO. The van der Waals surface area contributed by atoms with Crippen molar-refractivity contribution >= 4 is 15.9 Å². The van der Waals surface area contributed by atoms with E-state index in [0.717, 1.165) is 10.4 Å². The Bertz CT molecular complexity index is 341. The Morgan fingerprint density at radius 3 is 2.56 bits per heavy atom. The summed E-state index contributed by atoms with van der Waals surface area (Å²) in [6, 6.07) is 4.42. The first-order valence-corrected chi connectivity index (χ1v) is 6.93. The molecule has 2 rings (SSSR count). The van der Waals surface area contributed by atoms with Gasteiger partial charge in [-0.05, 0) is 59.8 Å². The van der Waals surface area contributed by atoms with Crippen LogP contribution in [0.2, 0.25) is 0 Å². The Morgan fingerprint density at radius 1 is 1.44 bits per heavy atom. The Morgan fingerprint density at radius 2 is 2.12 bits per heavy atom. The van der Waals surface area contributed by atoms with Gasteiger partial charge in [-0.1, -0.05) is 19.8 Å². The molecule has 0 spiro atoms. The normalized spacial score (nSPS) is 21.2. The third kappa shape index (κ3) is 2.07. The van der Waals surface area contributed by atoms with Gasteiger partial charge in [0.2, 0.25) is 0 Å². The molecule has 2 nitrogen and oxygen atoms in total. The van der Waals surface area contributed by atoms with E-state index >= 15 is 0 Å². The van der Waals surface area contributed by atoms with Crippen LogP contribution in [0.4, 0.5) is 0 Å². The van der Waals surface area contributed by atoms with Gasteiger partial charge in [-0.2, -0.15) is 0 Å². The van der Waals surface area contributed by atoms with Crippen LogP contribution in [0.5, 0.6) is 0 Å². The highest BCUT2D eigenvalue weighted by molar-refractivity contribution is 9.10. The summed E-state index contributed by atoms with van der Waals surface area (Å²) in [5.74, 6) is 1.07. The highest BCUT2D eigenvalue weighted by Gasteiger charge is 2.41. The number of nitrogens with one attached hydrogen (secondary N) is 1. The smallest absolute Gasteiger partial charge is 0.169 e. The summed E-state index contributed by atoms with van der Waals surface area (Å²) < 4.78 is 6.56. The van der Waals surface area contributed by atoms with Crippen LogP contribution in [-0.2, 0) is 0 Å². The maximum atomic E-state index is 5.73. The summed E-state index contributed by atoms with van der Waals surface area (Å²) in [6.45, 7) is 2.30. The first-order chi connectivity index (χ1) is 7.72. The van der Waals surface area contributed by atoms with Crippen molar-refractivity contribution in [1.29, 1.82) is 0 Å². The van der Waals surface area contributed by atoms with Crippen molar-refractivity contribution in [2.75, 3.05) is 7.05 Å². The lowest BCUT2D eigenvalue weighted by molar-refractivity contribution is 0.172. The molecule has 90 valence electrons. The van der Waals surface area contributed by atoms with E-state index in [2.05, 4.69) is 34.2 Å². The lowest BCUT2D eigenvalue weighted by atomic mass is 9.75. The molecule has 16 heavy (non-hydrogen) atoms. The van der Waals surface area contributed by atoms with Gasteiger partial charge in [0.05, 0.1) is 6.04 Å². The van der Waals surface area contributed by atoms with Crippen molar-refractivity contribution in [3.63, 3.8) is 0 Å². The fourth-order valence-electron chi connectivity index (χ4n) is 3.16. The predicted octanol–water partition coefficient (Wildman–Crippen LogP) is 4.27.